The number of fused-ring (bicyclic) bond motifs is 1. The number of amides is 2. The Balaban J connectivity index is 1.71. The van der Waals surface area contributed by atoms with Gasteiger partial charge in [0.1, 0.15) is 28.5 Å². The summed E-state index contributed by atoms with van der Waals surface area (Å²) in [6.45, 7) is 10.4. The molecule has 2 heterocycles. The maximum absolute atomic E-state index is 12.9. The highest BCUT2D eigenvalue weighted by atomic mass is 16.6. The van der Waals surface area contributed by atoms with Crippen molar-refractivity contribution in [3.8, 4) is 28.6 Å². The highest BCUT2D eigenvalue weighted by Gasteiger charge is 2.31. The zero-order chi connectivity index (χ0) is 29.1. The summed E-state index contributed by atoms with van der Waals surface area (Å²) in [6.07, 6.45) is -1.58. The van der Waals surface area contributed by atoms with E-state index in [0.717, 1.165) is 16.0 Å². The molecule has 4 aromatic rings. The monoisotopic (exact) mass is 537 g/mol. The molecule has 2 amide bonds. The summed E-state index contributed by atoms with van der Waals surface area (Å²) in [7, 11) is 0. The Kier molecular flexibility index (Phi) is 7.82. The van der Waals surface area contributed by atoms with Crippen molar-refractivity contribution in [1.82, 2.24) is 19.9 Å². The minimum atomic E-state index is -0.790. The first-order valence-corrected chi connectivity index (χ1v) is 12.8. The summed E-state index contributed by atoms with van der Waals surface area (Å²) < 4.78 is 10.9. The van der Waals surface area contributed by atoms with E-state index in [1.807, 2.05) is 60.7 Å². The van der Waals surface area contributed by atoms with Gasteiger partial charge in [-0.25, -0.2) is 29.4 Å². The third-order valence-electron chi connectivity index (χ3n) is 5.49. The van der Waals surface area contributed by atoms with Gasteiger partial charge in [0.2, 0.25) is 0 Å². The zero-order valence-electron chi connectivity index (χ0n) is 23.4. The van der Waals surface area contributed by atoms with E-state index in [1.165, 1.54) is 0 Å². The first-order chi connectivity index (χ1) is 18.8. The lowest BCUT2D eigenvalue weighted by Crippen LogP contribution is -2.43. The predicted octanol–water partition coefficient (Wildman–Crippen LogP) is 6.90. The van der Waals surface area contributed by atoms with Gasteiger partial charge in [0.15, 0.2) is 5.65 Å². The topological polar surface area (TPSA) is 118 Å². The Labute approximate surface area is 233 Å². The highest BCUT2D eigenvalue weighted by Crippen LogP contribution is 2.31. The summed E-state index contributed by atoms with van der Waals surface area (Å²) in [5.41, 5.74) is 3.19. The SMILES string of the molecule is CC(C)(C)OC(=O)N(Cc1ccc(-c2nc3ccc(C#N)nc3nc2-c2ccccc2)cc1)C(=O)OC(C)(C)C. The molecule has 2 aromatic carbocycles. The Morgan fingerprint density at radius 1 is 0.750 bits per heavy atom. The molecule has 2 aromatic heterocycles. The molecule has 0 aliphatic heterocycles. The third-order valence-corrected chi connectivity index (χ3v) is 5.49. The number of nitrogens with zero attached hydrogens (tertiary/aromatic N) is 5. The second kappa shape index (κ2) is 11.1. The molecule has 0 aliphatic carbocycles. The number of hydrogen-bond donors (Lipinski definition) is 0. The van der Waals surface area contributed by atoms with Gasteiger partial charge >= 0.3 is 12.2 Å². The first kappa shape index (κ1) is 28.2. The maximum Gasteiger partial charge on any atom is 0.420 e. The number of ether oxygens (including phenoxy) is 2. The highest BCUT2D eigenvalue weighted by molar-refractivity contribution is 5.88. The molecule has 9 heteroatoms. The summed E-state index contributed by atoms with van der Waals surface area (Å²) in [4.78, 5) is 40.7. The van der Waals surface area contributed by atoms with Crippen LogP contribution in [-0.4, -0.2) is 43.2 Å². The molecule has 0 fully saturated rings. The van der Waals surface area contributed by atoms with Gasteiger partial charge in [0, 0.05) is 11.1 Å². The van der Waals surface area contributed by atoms with Crippen LogP contribution in [0.15, 0.2) is 66.7 Å². The van der Waals surface area contributed by atoms with Crippen LogP contribution in [0, 0.1) is 11.3 Å². The predicted molar refractivity (Wildman–Crippen MR) is 151 cm³/mol. The molecule has 0 N–H and O–H groups in total. The lowest BCUT2D eigenvalue weighted by Gasteiger charge is -2.28. The Hall–Kier alpha value is -4.84. The first-order valence-electron chi connectivity index (χ1n) is 12.8. The summed E-state index contributed by atoms with van der Waals surface area (Å²) in [5, 5.41) is 9.26. The molecule has 40 heavy (non-hydrogen) atoms. The number of carbonyl (C=O) groups is 2. The molecule has 0 aliphatic rings. The summed E-state index contributed by atoms with van der Waals surface area (Å²) >= 11 is 0. The molecule has 4 rings (SSSR count). The third kappa shape index (κ3) is 6.97. The molecule has 0 spiro atoms. The van der Waals surface area contributed by atoms with Gasteiger partial charge in [0.05, 0.1) is 17.9 Å². The average molecular weight is 538 g/mol. The minimum Gasteiger partial charge on any atom is -0.443 e. The molecular weight excluding hydrogens is 506 g/mol. The Morgan fingerprint density at radius 3 is 1.85 bits per heavy atom. The van der Waals surface area contributed by atoms with Crippen molar-refractivity contribution < 1.29 is 19.1 Å². The van der Waals surface area contributed by atoms with Crippen molar-refractivity contribution in [1.29, 1.82) is 5.26 Å². The molecule has 0 unspecified atom stereocenters. The van der Waals surface area contributed by atoms with E-state index in [4.69, 9.17) is 19.4 Å². The van der Waals surface area contributed by atoms with E-state index in [-0.39, 0.29) is 12.2 Å². The van der Waals surface area contributed by atoms with Crippen molar-refractivity contribution in [2.24, 2.45) is 0 Å². The van der Waals surface area contributed by atoms with Crippen LogP contribution < -0.4 is 0 Å². The number of nitriles is 1. The lowest BCUT2D eigenvalue weighted by molar-refractivity contribution is -0.000250. The fourth-order valence-corrected chi connectivity index (χ4v) is 3.79. The van der Waals surface area contributed by atoms with Crippen LogP contribution in [0.25, 0.3) is 33.7 Å². The van der Waals surface area contributed by atoms with Gasteiger partial charge in [-0.2, -0.15) is 5.26 Å². The Bertz CT molecular complexity index is 1550. The van der Waals surface area contributed by atoms with Crippen LogP contribution in [0.4, 0.5) is 9.59 Å². The van der Waals surface area contributed by atoms with Gasteiger partial charge in [-0.1, -0.05) is 54.6 Å². The normalized spacial score (nSPS) is 11.5. The molecule has 0 saturated heterocycles. The average Bonchev–Trinajstić information content (AvgIpc) is 2.89. The van der Waals surface area contributed by atoms with E-state index in [2.05, 4.69) is 4.98 Å². The standard InChI is InChI=1S/C31H31N5O4/c1-30(2,3)39-28(37)36(29(38)40-31(4,5)6)19-20-12-14-22(15-13-20)25-26(21-10-8-7-9-11-21)35-27-24(34-25)17-16-23(18-32)33-27/h7-17H,19H2,1-6H3. The second-order valence-corrected chi connectivity index (χ2v) is 11.2. The van der Waals surface area contributed by atoms with Crippen LogP contribution in [0.3, 0.4) is 0 Å². The van der Waals surface area contributed by atoms with Crippen molar-refractivity contribution in [2.75, 3.05) is 0 Å². The van der Waals surface area contributed by atoms with Crippen LogP contribution in [0.5, 0.6) is 0 Å². The van der Waals surface area contributed by atoms with Crippen molar-refractivity contribution in [2.45, 2.75) is 59.3 Å². The molecule has 0 bridgehead atoms. The van der Waals surface area contributed by atoms with E-state index >= 15 is 0 Å². The number of hydrogen-bond acceptors (Lipinski definition) is 8. The fraction of sp³-hybridized carbons (Fsp3) is 0.290. The maximum atomic E-state index is 12.9. The molecule has 204 valence electrons. The molecule has 0 saturated carbocycles. The molecular formula is C31H31N5O4. The van der Waals surface area contributed by atoms with Crippen LogP contribution in [0.1, 0.15) is 52.8 Å². The quantitative estimate of drug-likeness (QED) is 0.276. The fourth-order valence-electron chi connectivity index (χ4n) is 3.79. The second-order valence-electron chi connectivity index (χ2n) is 11.2. The van der Waals surface area contributed by atoms with E-state index in [0.29, 0.717) is 28.1 Å². The molecule has 0 radical (unpaired) electrons. The molecule has 0 atom stereocenters. The van der Waals surface area contributed by atoms with Gasteiger partial charge in [-0.3, -0.25) is 0 Å². The van der Waals surface area contributed by atoms with Crippen molar-refractivity contribution in [3.63, 3.8) is 0 Å². The van der Waals surface area contributed by atoms with Gasteiger partial charge in [-0.15, -0.1) is 0 Å². The summed E-state index contributed by atoms with van der Waals surface area (Å²) in [6, 6.07) is 22.3. The summed E-state index contributed by atoms with van der Waals surface area (Å²) in [5.74, 6) is 0. The number of rotatable bonds is 4. The van der Waals surface area contributed by atoms with Gasteiger partial charge in [-0.05, 0) is 59.2 Å². The minimum absolute atomic E-state index is 0.0418. The number of carbonyl (C=O) groups excluding carboxylic acids is 2. The lowest BCUT2D eigenvalue weighted by atomic mass is 10.0. The number of pyridine rings is 1. The number of aromatic nitrogens is 3. The van der Waals surface area contributed by atoms with Crippen molar-refractivity contribution >= 4 is 23.4 Å². The molecule has 9 nitrogen and oxygen atoms in total. The smallest absolute Gasteiger partial charge is 0.420 e. The van der Waals surface area contributed by atoms with Crippen LogP contribution >= 0.6 is 0 Å². The van der Waals surface area contributed by atoms with Crippen LogP contribution in [-0.2, 0) is 16.0 Å². The Morgan fingerprint density at radius 2 is 1.30 bits per heavy atom. The van der Waals surface area contributed by atoms with E-state index in [9.17, 15) is 14.9 Å². The number of benzene rings is 2. The van der Waals surface area contributed by atoms with E-state index in [1.54, 1.807) is 53.7 Å². The van der Waals surface area contributed by atoms with Crippen LogP contribution in [0.2, 0.25) is 0 Å². The van der Waals surface area contributed by atoms with Crippen molar-refractivity contribution in [3.05, 3.63) is 78.0 Å². The zero-order valence-corrected chi connectivity index (χ0v) is 23.4. The van der Waals surface area contributed by atoms with Gasteiger partial charge in [0.25, 0.3) is 0 Å². The number of imide groups is 1. The van der Waals surface area contributed by atoms with E-state index < -0.39 is 23.4 Å². The largest absolute Gasteiger partial charge is 0.443 e. The van der Waals surface area contributed by atoms with Gasteiger partial charge < -0.3 is 9.47 Å².